The first-order valence-electron chi connectivity index (χ1n) is 4.60. The van der Waals surface area contributed by atoms with Crippen LogP contribution in [0.1, 0.15) is 16.2 Å². The number of hydrogen-bond donors (Lipinski definition) is 0. The highest BCUT2D eigenvalue weighted by Crippen LogP contribution is 2.17. The molecule has 0 saturated heterocycles. The summed E-state index contributed by atoms with van der Waals surface area (Å²) in [5.74, 6) is 1.25. The number of benzene rings is 1. The highest BCUT2D eigenvalue weighted by Gasteiger charge is 2.08. The van der Waals surface area contributed by atoms with Gasteiger partial charge in [0.2, 0.25) is 0 Å². The Labute approximate surface area is 91.9 Å². The van der Waals surface area contributed by atoms with E-state index < -0.39 is 0 Å². The van der Waals surface area contributed by atoms with Crippen LogP contribution in [-0.2, 0) is 0 Å². The number of fused-ring (bicyclic) bond motifs is 1. The van der Waals surface area contributed by atoms with Gasteiger partial charge < -0.3 is 4.42 Å². The molecule has 0 aliphatic heterocycles. The van der Waals surface area contributed by atoms with Gasteiger partial charge in [-0.3, -0.25) is 4.79 Å². The van der Waals surface area contributed by atoms with Gasteiger partial charge in [-0.15, -0.1) is 0 Å². The Balaban J connectivity index is 2.41. The monoisotopic (exact) mass is 221 g/mol. The topological polar surface area (TPSA) is 43.1 Å². The van der Waals surface area contributed by atoms with Gasteiger partial charge in [-0.25, -0.2) is 4.98 Å². The highest BCUT2D eigenvalue weighted by atomic mass is 32.2. The normalized spacial score (nSPS) is 10.8. The maximum atomic E-state index is 11.6. The van der Waals surface area contributed by atoms with E-state index in [2.05, 4.69) is 4.98 Å². The van der Waals surface area contributed by atoms with E-state index >= 15 is 0 Å². The number of aryl methyl sites for hydroxylation is 1. The van der Waals surface area contributed by atoms with Crippen molar-refractivity contribution in [3.05, 3.63) is 29.7 Å². The van der Waals surface area contributed by atoms with Crippen molar-refractivity contribution >= 4 is 28.6 Å². The number of hydrogen-bond acceptors (Lipinski definition) is 4. The summed E-state index contributed by atoms with van der Waals surface area (Å²) in [6, 6.07) is 5.37. The van der Waals surface area contributed by atoms with Crippen molar-refractivity contribution in [2.75, 3.05) is 12.0 Å². The number of carbonyl (C=O) groups is 1. The first kappa shape index (κ1) is 10.2. The molecule has 0 spiro atoms. The summed E-state index contributed by atoms with van der Waals surface area (Å²) in [4.78, 5) is 15.8. The van der Waals surface area contributed by atoms with Crippen molar-refractivity contribution in [3.63, 3.8) is 0 Å². The van der Waals surface area contributed by atoms with Crippen LogP contribution in [0.5, 0.6) is 0 Å². The van der Waals surface area contributed by atoms with Crippen molar-refractivity contribution in [3.8, 4) is 0 Å². The minimum Gasteiger partial charge on any atom is -0.441 e. The lowest BCUT2D eigenvalue weighted by atomic mass is 10.1. The Kier molecular flexibility index (Phi) is 2.77. The Morgan fingerprint density at radius 1 is 1.53 bits per heavy atom. The molecule has 0 unspecified atom stereocenters. The fourth-order valence-electron chi connectivity index (χ4n) is 1.43. The van der Waals surface area contributed by atoms with E-state index in [-0.39, 0.29) is 5.78 Å². The molecule has 4 heteroatoms. The lowest BCUT2D eigenvalue weighted by Gasteiger charge is -1.97. The lowest BCUT2D eigenvalue weighted by Crippen LogP contribution is -2.01. The van der Waals surface area contributed by atoms with Crippen LogP contribution in [0, 0.1) is 6.92 Å². The van der Waals surface area contributed by atoms with Gasteiger partial charge >= 0.3 is 0 Å². The number of carbonyl (C=O) groups excluding carboxylic acids is 1. The Morgan fingerprint density at radius 3 is 3.07 bits per heavy atom. The average molecular weight is 221 g/mol. The first-order chi connectivity index (χ1) is 7.20. The summed E-state index contributed by atoms with van der Waals surface area (Å²) >= 11 is 1.52. The molecule has 0 fully saturated rings. The molecule has 78 valence electrons. The fraction of sp³-hybridized carbons (Fsp3) is 0.273. The number of aromatic nitrogens is 1. The smallest absolute Gasteiger partial charge is 0.192 e. The van der Waals surface area contributed by atoms with Crippen molar-refractivity contribution in [1.82, 2.24) is 4.98 Å². The van der Waals surface area contributed by atoms with Crippen LogP contribution in [0.2, 0.25) is 0 Å². The van der Waals surface area contributed by atoms with Crippen LogP contribution in [0.4, 0.5) is 0 Å². The summed E-state index contributed by atoms with van der Waals surface area (Å²) in [5.41, 5.74) is 2.17. The van der Waals surface area contributed by atoms with Crippen LogP contribution in [-0.4, -0.2) is 22.8 Å². The molecule has 3 nitrogen and oxygen atoms in total. The van der Waals surface area contributed by atoms with Gasteiger partial charge in [0.1, 0.15) is 5.52 Å². The third-order valence-electron chi connectivity index (χ3n) is 2.09. The molecule has 0 aliphatic carbocycles. The summed E-state index contributed by atoms with van der Waals surface area (Å²) in [7, 11) is 0. The van der Waals surface area contributed by atoms with Gasteiger partial charge in [-0.05, 0) is 24.5 Å². The number of rotatable bonds is 3. The second kappa shape index (κ2) is 4.06. The molecule has 1 aromatic heterocycles. The lowest BCUT2D eigenvalue weighted by molar-refractivity contribution is 0.102. The van der Waals surface area contributed by atoms with Crippen LogP contribution in [0.25, 0.3) is 11.1 Å². The van der Waals surface area contributed by atoms with Crippen LogP contribution in [0.15, 0.2) is 22.6 Å². The maximum Gasteiger partial charge on any atom is 0.192 e. The number of nitrogens with zero attached hydrogens (tertiary/aromatic N) is 1. The largest absolute Gasteiger partial charge is 0.441 e. The molecule has 0 bridgehead atoms. The standard InChI is InChI=1S/C11H11NO2S/c1-7-12-9-4-3-8(5-11(9)14-7)10(13)6-15-2/h3-5H,6H2,1-2H3. The zero-order chi connectivity index (χ0) is 10.8. The third-order valence-corrected chi connectivity index (χ3v) is 2.64. The molecule has 0 N–H and O–H groups in total. The zero-order valence-corrected chi connectivity index (χ0v) is 9.43. The molecule has 2 rings (SSSR count). The minimum absolute atomic E-state index is 0.124. The molecule has 1 aromatic carbocycles. The van der Waals surface area contributed by atoms with Gasteiger partial charge in [0.15, 0.2) is 17.3 Å². The summed E-state index contributed by atoms with van der Waals surface area (Å²) in [6.45, 7) is 1.80. The fourth-order valence-corrected chi connectivity index (χ4v) is 1.86. The first-order valence-corrected chi connectivity index (χ1v) is 5.99. The second-order valence-electron chi connectivity index (χ2n) is 3.27. The Hall–Kier alpha value is -1.29. The molecule has 1 heterocycles. The molecule has 0 amide bonds. The van der Waals surface area contributed by atoms with Gasteiger partial charge in [0, 0.05) is 12.5 Å². The molecule has 2 aromatic rings. The number of oxazole rings is 1. The predicted molar refractivity (Wildman–Crippen MR) is 61.5 cm³/mol. The number of Topliss-reactive ketones (excluding diaryl/α,β-unsaturated/α-hetero) is 1. The SMILES string of the molecule is CSCC(=O)c1ccc2nc(C)oc2c1. The molecular weight excluding hydrogens is 210 g/mol. The Morgan fingerprint density at radius 2 is 2.33 bits per heavy atom. The van der Waals surface area contributed by atoms with E-state index in [1.165, 1.54) is 11.8 Å². The van der Waals surface area contributed by atoms with Crippen LogP contribution < -0.4 is 0 Å². The van der Waals surface area contributed by atoms with E-state index in [0.717, 1.165) is 5.52 Å². The zero-order valence-electron chi connectivity index (χ0n) is 8.61. The predicted octanol–water partition coefficient (Wildman–Crippen LogP) is 2.68. The van der Waals surface area contributed by atoms with Crippen molar-refractivity contribution in [2.45, 2.75) is 6.92 Å². The summed E-state index contributed by atoms with van der Waals surface area (Å²) < 4.78 is 5.37. The molecule has 15 heavy (non-hydrogen) atoms. The van der Waals surface area contributed by atoms with Gasteiger partial charge in [0.25, 0.3) is 0 Å². The van der Waals surface area contributed by atoms with E-state index in [0.29, 0.717) is 22.8 Å². The van der Waals surface area contributed by atoms with E-state index in [9.17, 15) is 4.79 Å². The quantitative estimate of drug-likeness (QED) is 0.747. The van der Waals surface area contributed by atoms with Crippen LogP contribution >= 0.6 is 11.8 Å². The van der Waals surface area contributed by atoms with Crippen molar-refractivity contribution < 1.29 is 9.21 Å². The third kappa shape index (κ3) is 2.04. The number of thioether (sulfide) groups is 1. The molecule has 0 aliphatic rings. The number of ketones is 1. The van der Waals surface area contributed by atoms with Crippen LogP contribution in [0.3, 0.4) is 0 Å². The van der Waals surface area contributed by atoms with Gasteiger partial charge in [-0.1, -0.05) is 0 Å². The maximum absolute atomic E-state index is 11.6. The van der Waals surface area contributed by atoms with Crippen molar-refractivity contribution in [2.24, 2.45) is 0 Å². The highest BCUT2D eigenvalue weighted by molar-refractivity contribution is 7.99. The molecular formula is C11H11NO2S. The van der Waals surface area contributed by atoms with Gasteiger partial charge in [0.05, 0.1) is 5.75 Å². The minimum atomic E-state index is 0.124. The second-order valence-corrected chi connectivity index (χ2v) is 4.14. The molecule has 0 saturated carbocycles. The summed E-state index contributed by atoms with van der Waals surface area (Å²) in [5, 5.41) is 0. The van der Waals surface area contributed by atoms with Crippen molar-refractivity contribution in [1.29, 1.82) is 0 Å². The average Bonchev–Trinajstić information content (AvgIpc) is 2.57. The molecule has 0 atom stereocenters. The van der Waals surface area contributed by atoms with E-state index in [1.807, 2.05) is 12.3 Å². The van der Waals surface area contributed by atoms with E-state index in [1.54, 1.807) is 19.1 Å². The summed E-state index contributed by atoms with van der Waals surface area (Å²) in [6.07, 6.45) is 1.91. The van der Waals surface area contributed by atoms with E-state index in [4.69, 9.17) is 4.42 Å². The van der Waals surface area contributed by atoms with Gasteiger partial charge in [-0.2, -0.15) is 11.8 Å². The Bertz CT molecular complexity index is 504. The molecule has 0 radical (unpaired) electrons.